The maximum Gasteiger partial charge on any atom is 0.0874 e. The SMILES string of the molecule is CC(C)CNCC(O)C1=CCCCC1. The summed E-state index contributed by atoms with van der Waals surface area (Å²) in [5.41, 5.74) is 1.24. The monoisotopic (exact) mass is 197 g/mol. The molecular weight excluding hydrogens is 174 g/mol. The zero-order valence-electron chi connectivity index (χ0n) is 9.42. The number of aliphatic hydroxyl groups is 1. The van der Waals surface area contributed by atoms with E-state index in [4.69, 9.17) is 0 Å². The van der Waals surface area contributed by atoms with Gasteiger partial charge in [-0.2, -0.15) is 0 Å². The second-order valence-electron chi connectivity index (χ2n) is 4.59. The van der Waals surface area contributed by atoms with E-state index in [1.165, 1.54) is 18.4 Å². The van der Waals surface area contributed by atoms with E-state index in [0.717, 1.165) is 19.4 Å². The van der Waals surface area contributed by atoms with Crippen LogP contribution in [-0.4, -0.2) is 24.3 Å². The van der Waals surface area contributed by atoms with E-state index in [2.05, 4.69) is 25.2 Å². The van der Waals surface area contributed by atoms with Gasteiger partial charge in [-0.05, 0) is 43.7 Å². The first-order chi connectivity index (χ1) is 6.70. The molecule has 0 heterocycles. The van der Waals surface area contributed by atoms with Crippen LogP contribution in [0, 0.1) is 5.92 Å². The van der Waals surface area contributed by atoms with Crippen molar-refractivity contribution in [1.29, 1.82) is 0 Å². The Bertz CT molecular complexity index is 187. The molecule has 1 rings (SSSR count). The van der Waals surface area contributed by atoms with Crippen LogP contribution in [0.1, 0.15) is 39.5 Å². The summed E-state index contributed by atoms with van der Waals surface area (Å²) in [6.07, 6.45) is 6.73. The molecule has 0 aromatic heterocycles. The average molecular weight is 197 g/mol. The molecule has 0 spiro atoms. The van der Waals surface area contributed by atoms with Gasteiger partial charge >= 0.3 is 0 Å². The minimum Gasteiger partial charge on any atom is -0.387 e. The average Bonchev–Trinajstić information content (AvgIpc) is 2.18. The highest BCUT2D eigenvalue weighted by Gasteiger charge is 2.12. The van der Waals surface area contributed by atoms with E-state index >= 15 is 0 Å². The van der Waals surface area contributed by atoms with Gasteiger partial charge in [0.15, 0.2) is 0 Å². The van der Waals surface area contributed by atoms with E-state index in [1.807, 2.05) is 0 Å². The molecule has 1 atom stereocenters. The molecule has 0 saturated carbocycles. The molecule has 0 amide bonds. The second-order valence-corrected chi connectivity index (χ2v) is 4.59. The van der Waals surface area contributed by atoms with Crippen LogP contribution in [0.5, 0.6) is 0 Å². The molecule has 82 valence electrons. The molecule has 2 heteroatoms. The van der Waals surface area contributed by atoms with Crippen molar-refractivity contribution in [3.63, 3.8) is 0 Å². The third kappa shape index (κ3) is 4.25. The lowest BCUT2D eigenvalue weighted by atomic mass is 9.95. The van der Waals surface area contributed by atoms with Crippen molar-refractivity contribution in [1.82, 2.24) is 5.32 Å². The lowest BCUT2D eigenvalue weighted by molar-refractivity contribution is 0.198. The summed E-state index contributed by atoms with van der Waals surface area (Å²) in [5.74, 6) is 0.655. The third-order valence-corrected chi connectivity index (χ3v) is 2.64. The summed E-state index contributed by atoms with van der Waals surface area (Å²) in [5, 5.41) is 13.1. The van der Waals surface area contributed by atoms with E-state index in [9.17, 15) is 5.11 Å². The molecule has 0 fully saturated rings. The van der Waals surface area contributed by atoms with Gasteiger partial charge in [0.25, 0.3) is 0 Å². The molecule has 1 unspecified atom stereocenters. The molecule has 0 aromatic carbocycles. The summed E-state index contributed by atoms with van der Waals surface area (Å²) in [4.78, 5) is 0. The van der Waals surface area contributed by atoms with Crippen molar-refractivity contribution >= 4 is 0 Å². The van der Waals surface area contributed by atoms with Crippen molar-refractivity contribution in [2.45, 2.75) is 45.6 Å². The lowest BCUT2D eigenvalue weighted by Crippen LogP contribution is -2.31. The summed E-state index contributed by atoms with van der Waals surface area (Å²) in [6.45, 7) is 6.06. The Morgan fingerprint density at radius 3 is 2.71 bits per heavy atom. The normalized spacial score (nSPS) is 19.6. The molecular formula is C12H23NO. The van der Waals surface area contributed by atoms with Gasteiger partial charge in [-0.3, -0.25) is 0 Å². The Morgan fingerprint density at radius 1 is 1.36 bits per heavy atom. The van der Waals surface area contributed by atoms with Crippen LogP contribution < -0.4 is 5.32 Å². The standard InChI is InChI=1S/C12H23NO/c1-10(2)8-13-9-12(14)11-6-4-3-5-7-11/h6,10,12-14H,3-5,7-9H2,1-2H3. The number of aliphatic hydroxyl groups excluding tert-OH is 1. The number of rotatable bonds is 5. The first-order valence-corrected chi connectivity index (χ1v) is 5.78. The van der Waals surface area contributed by atoms with Crippen LogP contribution in [0.4, 0.5) is 0 Å². The van der Waals surface area contributed by atoms with Crippen LogP contribution in [0.3, 0.4) is 0 Å². The molecule has 1 aliphatic carbocycles. The van der Waals surface area contributed by atoms with E-state index in [1.54, 1.807) is 0 Å². The zero-order chi connectivity index (χ0) is 10.4. The molecule has 0 bridgehead atoms. The van der Waals surface area contributed by atoms with Crippen molar-refractivity contribution in [2.24, 2.45) is 5.92 Å². The molecule has 14 heavy (non-hydrogen) atoms. The Hall–Kier alpha value is -0.340. The maximum absolute atomic E-state index is 9.86. The fourth-order valence-corrected chi connectivity index (χ4v) is 1.81. The van der Waals surface area contributed by atoms with E-state index in [0.29, 0.717) is 12.5 Å². The number of hydrogen-bond donors (Lipinski definition) is 2. The topological polar surface area (TPSA) is 32.3 Å². The molecule has 0 aromatic rings. The van der Waals surface area contributed by atoms with Crippen molar-refractivity contribution in [2.75, 3.05) is 13.1 Å². The first kappa shape index (κ1) is 11.7. The van der Waals surface area contributed by atoms with Gasteiger partial charge < -0.3 is 10.4 Å². The van der Waals surface area contributed by atoms with Gasteiger partial charge in [-0.15, -0.1) is 0 Å². The Kier molecular flexibility index (Phi) is 5.20. The minimum atomic E-state index is -0.256. The van der Waals surface area contributed by atoms with Gasteiger partial charge in [-0.1, -0.05) is 19.9 Å². The van der Waals surface area contributed by atoms with E-state index in [-0.39, 0.29) is 6.10 Å². The van der Waals surface area contributed by atoms with Crippen molar-refractivity contribution < 1.29 is 5.11 Å². The van der Waals surface area contributed by atoms with Gasteiger partial charge in [0.05, 0.1) is 6.10 Å². The number of allylic oxidation sites excluding steroid dienone is 1. The van der Waals surface area contributed by atoms with Gasteiger partial charge in [0.1, 0.15) is 0 Å². The Labute approximate surface area is 87.4 Å². The largest absolute Gasteiger partial charge is 0.387 e. The summed E-state index contributed by atoms with van der Waals surface area (Å²) < 4.78 is 0. The maximum atomic E-state index is 9.86. The highest BCUT2D eigenvalue weighted by Crippen LogP contribution is 2.19. The number of nitrogens with one attached hydrogen (secondary N) is 1. The summed E-state index contributed by atoms with van der Waals surface area (Å²) >= 11 is 0. The van der Waals surface area contributed by atoms with E-state index < -0.39 is 0 Å². The van der Waals surface area contributed by atoms with Gasteiger partial charge in [-0.25, -0.2) is 0 Å². The van der Waals surface area contributed by atoms with Crippen LogP contribution in [0.25, 0.3) is 0 Å². The van der Waals surface area contributed by atoms with Crippen molar-refractivity contribution in [3.8, 4) is 0 Å². The predicted molar refractivity (Wildman–Crippen MR) is 60.3 cm³/mol. The molecule has 1 aliphatic rings. The first-order valence-electron chi connectivity index (χ1n) is 5.78. The Morgan fingerprint density at radius 2 is 2.14 bits per heavy atom. The quantitative estimate of drug-likeness (QED) is 0.661. The van der Waals surface area contributed by atoms with Crippen LogP contribution >= 0.6 is 0 Å². The van der Waals surface area contributed by atoms with Gasteiger partial charge in [0.2, 0.25) is 0 Å². The second kappa shape index (κ2) is 6.20. The summed E-state index contributed by atoms with van der Waals surface area (Å²) in [6, 6.07) is 0. The molecule has 0 aliphatic heterocycles. The zero-order valence-corrected chi connectivity index (χ0v) is 9.42. The lowest BCUT2D eigenvalue weighted by Gasteiger charge is -2.19. The molecule has 2 N–H and O–H groups in total. The highest BCUT2D eigenvalue weighted by atomic mass is 16.3. The minimum absolute atomic E-state index is 0.256. The number of hydrogen-bond acceptors (Lipinski definition) is 2. The van der Waals surface area contributed by atoms with Crippen LogP contribution in [0.15, 0.2) is 11.6 Å². The highest BCUT2D eigenvalue weighted by molar-refractivity contribution is 5.10. The van der Waals surface area contributed by atoms with Crippen molar-refractivity contribution in [3.05, 3.63) is 11.6 Å². The third-order valence-electron chi connectivity index (χ3n) is 2.64. The predicted octanol–water partition coefficient (Wildman–Crippen LogP) is 2.09. The Balaban J connectivity index is 2.20. The summed E-state index contributed by atoms with van der Waals surface area (Å²) in [7, 11) is 0. The van der Waals surface area contributed by atoms with Crippen LogP contribution in [-0.2, 0) is 0 Å². The molecule has 0 saturated heterocycles. The fraction of sp³-hybridized carbons (Fsp3) is 0.833. The fourth-order valence-electron chi connectivity index (χ4n) is 1.81. The molecule has 2 nitrogen and oxygen atoms in total. The van der Waals surface area contributed by atoms with Crippen LogP contribution in [0.2, 0.25) is 0 Å². The smallest absolute Gasteiger partial charge is 0.0874 e. The molecule has 0 radical (unpaired) electrons. The van der Waals surface area contributed by atoms with Gasteiger partial charge in [0, 0.05) is 6.54 Å².